The number of para-hydroxylation sites is 2. The van der Waals surface area contributed by atoms with Crippen LogP contribution in [0.5, 0.6) is 0 Å². The normalized spacial score (nSPS) is 15.2. The molecule has 1 aromatic heterocycles. The fraction of sp³-hybridized carbons (Fsp3) is 0.364. The maximum atomic E-state index is 12.8. The molecular formula is C11H14ClN3O3S2. The summed E-state index contributed by atoms with van der Waals surface area (Å²) in [7, 11) is -2.32. The molecule has 0 amide bonds. The number of nitrogens with zero attached hydrogens (tertiary/aromatic N) is 3. The van der Waals surface area contributed by atoms with Gasteiger partial charge < -0.3 is 4.57 Å². The molecule has 0 spiro atoms. The highest BCUT2D eigenvalue weighted by molar-refractivity contribution is 8.17. The van der Waals surface area contributed by atoms with Gasteiger partial charge in [0.15, 0.2) is 0 Å². The van der Waals surface area contributed by atoms with E-state index in [4.69, 9.17) is 10.7 Å². The van der Waals surface area contributed by atoms with Gasteiger partial charge >= 0.3 is 9.24 Å². The molecule has 2 aromatic rings. The first kappa shape index (κ1) is 15.3. The van der Waals surface area contributed by atoms with Gasteiger partial charge in [-0.2, -0.15) is 8.42 Å². The molecule has 0 aliphatic carbocycles. The van der Waals surface area contributed by atoms with Gasteiger partial charge in [-0.05, 0) is 19.1 Å². The first-order valence-corrected chi connectivity index (χ1v) is 9.91. The molecule has 0 bridgehead atoms. The van der Waals surface area contributed by atoms with Crippen LogP contribution in [0.15, 0.2) is 33.2 Å². The quantitative estimate of drug-likeness (QED) is 0.803. The van der Waals surface area contributed by atoms with Crippen LogP contribution in [-0.4, -0.2) is 27.9 Å². The number of imidazole rings is 1. The number of hydrogen-bond donors (Lipinski definition) is 0. The van der Waals surface area contributed by atoms with Gasteiger partial charge in [-0.3, -0.25) is 0 Å². The van der Waals surface area contributed by atoms with Crippen molar-refractivity contribution in [1.82, 2.24) is 9.55 Å². The lowest BCUT2D eigenvalue weighted by Gasteiger charge is -2.08. The molecule has 0 radical (unpaired) electrons. The number of aryl methyl sites for hydroxylation is 1. The molecule has 110 valence electrons. The van der Waals surface area contributed by atoms with Crippen molar-refractivity contribution in [1.29, 1.82) is 0 Å². The van der Waals surface area contributed by atoms with Crippen molar-refractivity contribution in [2.45, 2.75) is 25.5 Å². The van der Waals surface area contributed by atoms with Crippen molar-refractivity contribution in [2.24, 2.45) is 3.77 Å². The van der Waals surface area contributed by atoms with Crippen molar-refractivity contribution in [3.05, 3.63) is 24.3 Å². The van der Waals surface area contributed by atoms with Crippen LogP contribution < -0.4 is 0 Å². The Morgan fingerprint density at radius 2 is 1.90 bits per heavy atom. The second-order valence-electron chi connectivity index (χ2n) is 4.04. The standard InChI is InChI=1S/C11H14ClN3O3S2/c1-3-15-10-8-6-5-7-9(10)13-11(15)19(16,4-2)14-20(12,17)18/h5-8H,3-4H2,1-2H3. The first-order valence-electron chi connectivity index (χ1n) is 5.96. The number of rotatable bonds is 4. The minimum atomic E-state index is -4.24. The fourth-order valence-corrected chi connectivity index (χ4v) is 5.69. The maximum Gasteiger partial charge on any atom is 0.347 e. The van der Waals surface area contributed by atoms with E-state index in [1.165, 1.54) is 0 Å². The Morgan fingerprint density at radius 3 is 2.45 bits per heavy atom. The molecule has 0 saturated heterocycles. The Morgan fingerprint density at radius 1 is 1.25 bits per heavy atom. The molecule has 1 unspecified atom stereocenters. The predicted molar refractivity (Wildman–Crippen MR) is 79.6 cm³/mol. The molecule has 0 aliphatic heterocycles. The van der Waals surface area contributed by atoms with E-state index < -0.39 is 19.0 Å². The van der Waals surface area contributed by atoms with Crippen molar-refractivity contribution < 1.29 is 12.6 Å². The average molecular weight is 336 g/mol. The van der Waals surface area contributed by atoms with E-state index >= 15 is 0 Å². The van der Waals surface area contributed by atoms with Gasteiger partial charge in [0, 0.05) is 23.0 Å². The van der Waals surface area contributed by atoms with E-state index in [-0.39, 0.29) is 10.9 Å². The van der Waals surface area contributed by atoms with Gasteiger partial charge in [0.2, 0.25) is 5.16 Å². The Balaban J connectivity index is 2.87. The molecule has 1 atom stereocenters. The lowest BCUT2D eigenvalue weighted by atomic mass is 10.3. The van der Waals surface area contributed by atoms with Gasteiger partial charge in [-0.1, -0.05) is 22.8 Å². The highest BCUT2D eigenvalue weighted by atomic mass is 35.7. The first-order chi connectivity index (χ1) is 9.30. The molecule has 20 heavy (non-hydrogen) atoms. The molecule has 1 heterocycles. The van der Waals surface area contributed by atoms with Gasteiger partial charge in [0.25, 0.3) is 0 Å². The summed E-state index contributed by atoms with van der Waals surface area (Å²) in [5.41, 5.74) is 1.43. The zero-order valence-corrected chi connectivity index (χ0v) is 13.4. The van der Waals surface area contributed by atoms with Crippen molar-refractivity contribution in [3.8, 4) is 0 Å². The van der Waals surface area contributed by atoms with E-state index in [0.717, 1.165) is 5.52 Å². The SMILES string of the molecule is CCn1c(S(=O)(CC)=NS(=O)(=O)Cl)nc2ccccc21. The number of benzene rings is 1. The highest BCUT2D eigenvalue weighted by Crippen LogP contribution is 2.23. The Kier molecular flexibility index (Phi) is 4.08. The van der Waals surface area contributed by atoms with Crippen molar-refractivity contribution >= 4 is 40.7 Å². The Hall–Kier alpha value is -1.12. The summed E-state index contributed by atoms with van der Waals surface area (Å²) in [5, 5.41) is 0.146. The lowest BCUT2D eigenvalue weighted by molar-refractivity contribution is 0.610. The molecule has 1 aromatic carbocycles. The molecular weight excluding hydrogens is 322 g/mol. The van der Waals surface area contributed by atoms with Crippen LogP contribution in [0.2, 0.25) is 0 Å². The third-order valence-electron chi connectivity index (χ3n) is 2.82. The predicted octanol–water partition coefficient (Wildman–Crippen LogP) is 2.39. The second-order valence-corrected chi connectivity index (χ2v) is 8.86. The molecule has 0 aliphatic rings. The topological polar surface area (TPSA) is 81.4 Å². The smallest absolute Gasteiger partial charge is 0.316 e. The second kappa shape index (κ2) is 5.34. The zero-order valence-electron chi connectivity index (χ0n) is 11.0. The average Bonchev–Trinajstić information content (AvgIpc) is 2.75. The summed E-state index contributed by atoms with van der Waals surface area (Å²) in [4.78, 5) is 4.28. The number of hydrogen-bond acceptors (Lipinski definition) is 4. The van der Waals surface area contributed by atoms with Crippen LogP contribution in [0.4, 0.5) is 0 Å². The van der Waals surface area contributed by atoms with Crippen LogP contribution in [0, 0.1) is 0 Å². The van der Waals surface area contributed by atoms with Crippen LogP contribution >= 0.6 is 10.7 Å². The van der Waals surface area contributed by atoms with Gasteiger partial charge in [-0.15, -0.1) is 0 Å². The summed E-state index contributed by atoms with van der Waals surface area (Å²) in [6, 6.07) is 7.25. The molecule has 0 fully saturated rings. The van der Waals surface area contributed by atoms with Gasteiger partial charge in [0.05, 0.1) is 11.0 Å². The van der Waals surface area contributed by atoms with E-state index in [9.17, 15) is 12.6 Å². The number of aromatic nitrogens is 2. The summed E-state index contributed by atoms with van der Waals surface area (Å²) in [6.45, 7) is 3.96. The summed E-state index contributed by atoms with van der Waals surface area (Å²) in [6.07, 6.45) is 0. The molecule has 2 rings (SSSR count). The molecule has 0 N–H and O–H groups in total. The Labute approximate surface area is 122 Å². The molecule has 0 saturated carbocycles. The van der Waals surface area contributed by atoms with E-state index in [2.05, 4.69) is 8.75 Å². The van der Waals surface area contributed by atoms with E-state index in [0.29, 0.717) is 12.1 Å². The van der Waals surface area contributed by atoms with E-state index in [1.54, 1.807) is 17.6 Å². The largest absolute Gasteiger partial charge is 0.347 e. The van der Waals surface area contributed by atoms with Crippen molar-refractivity contribution in [3.63, 3.8) is 0 Å². The van der Waals surface area contributed by atoms with Crippen LogP contribution in [0.3, 0.4) is 0 Å². The summed E-state index contributed by atoms with van der Waals surface area (Å²) >= 11 is 0. The molecule has 6 nitrogen and oxygen atoms in total. The zero-order chi connectivity index (χ0) is 15.0. The number of halogens is 1. The summed E-state index contributed by atoms with van der Waals surface area (Å²) < 4.78 is 40.2. The van der Waals surface area contributed by atoms with Crippen LogP contribution in [-0.2, 0) is 25.5 Å². The van der Waals surface area contributed by atoms with Crippen LogP contribution in [0.25, 0.3) is 11.0 Å². The van der Waals surface area contributed by atoms with Gasteiger partial charge in [0.1, 0.15) is 9.73 Å². The minimum absolute atomic E-state index is 0.0161. The minimum Gasteiger partial charge on any atom is -0.316 e. The number of fused-ring (bicyclic) bond motifs is 1. The van der Waals surface area contributed by atoms with Crippen LogP contribution in [0.1, 0.15) is 13.8 Å². The lowest BCUT2D eigenvalue weighted by Crippen LogP contribution is -2.13. The van der Waals surface area contributed by atoms with Gasteiger partial charge in [-0.25, -0.2) is 9.19 Å². The third-order valence-corrected chi connectivity index (χ3v) is 6.67. The summed E-state index contributed by atoms with van der Waals surface area (Å²) in [5.74, 6) is 0.0161. The third kappa shape index (κ3) is 2.82. The monoisotopic (exact) mass is 335 g/mol. The Bertz CT molecular complexity index is 864. The van der Waals surface area contributed by atoms with E-state index in [1.807, 2.05) is 25.1 Å². The maximum absolute atomic E-state index is 12.8. The van der Waals surface area contributed by atoms with Crippen molar-refractivity contribution in [2.75, 3.05) is 5.75 Å². The fourth-order valence-electron chi connectivity index (χ4n) is 1.96. The molecule has 9 heteroatoms. The highest BCUT2D eigenvalue weighted by Gasteiger charge is 2.22.